The predicted molar refractivity (Wildman–Crippen MR) is 101 cm³/mol. The molecule has 2 bridgehead atoms. The van der Waals surface area contributed by atoms with Gasteiger partial charge in [0.15, 0.2) is 0 Å². The van der Waals surface area contributed by atoms with Crippen LogP contribution in [0.25, 0.3) is 5.57 Å². The third-order valence-corrected chi connectivity index (χ3v) is 5.20. The first-order valence-corrected chi connectivity index (χ1v) is 9.30. The Bertz CT molecular complexity index is 687. The van der Waals surface area contributed by atoms with Crippen molar-refractivity contribution in [2.75, 3.05) is 13.7 Å². The van der Waals surface area contributed by atoms with Gasteiger partial charge >= 0.3 is 6.09 Å². The van der Waals surface area contributed by atoms with Gasteiger partial charge in [-0.25, -0.2) is 4.79 Å². The van der Waals surface area contributed by atoms with Gasteiger partial charge in [0.1, 0.15) is 11.4 Å². The molecule has 5 nitrogen and oxygen atoms in total. The summed E-state index contributed by atoms with van der Waals surface area (Å²) in [6, 6.07) is 8.16. The molecule has 0 aromatic heterocycles. The molecule has 26 heavy (non-hydrogen) atoms. The SMILES string of the molecule is COc1ccc(C2=C(CO)CC3CCC(C2)N3C(=O)OC(C)(C)C)cc1. The molecular weight excluding hydrogens is 330 g/mol. The average molecular weight is 359 g/mol. The molecule has 142 valence electrons. The van der Waals surface area contributed by atoms with Crippen molar-refractivity contribution in [3.63, 3.8) is 0 Å². The van der Waals surface area contributed by atoms with Crippen molar-refractivity contribution in [1.29, 1.82) is 0 Å². The number of benzene rings is 1. The van der Waals surface area contributed by atoms with E-state index in [1.54, 1.807) is 7.11 Å². The van der Waals surface area contributed by atoms with Gasteiger partial charge in [-0.1, -0.05) is 12.1 Å². The van der Waals surface area contributed by atoms with E-state index in [4.69, 9.17) is 9.47 Å². The predicted octanol–water partition coefficient (Wildman–Crippen LogP) is 4.00. The van der Waals surface area contributed by atoms with Crippen LogP contribution in [0.1, 0.15) is 52.0 Å². The van der Waals surface area contributed by atoms with Gasteiger partial charge in [-0.05, 0) is 75.3 Å². The Balaban J connectivity index is 1.88. The number of methoxy groups -OCH3 is 1. The lowest BCUT2D eigenvalue weighted by Gasteiger charge is -2.31. The molecule has 2 aliphatic rings. The molecule has 5 heteroatoms. The van der Waals surface area contributed by atoms with E-state index in [2.05, 4.69) is 0 Å². The number of carbonyl (C=O) groups is 1. The number of hydrogen-bond donors (Lipinski definition) is 1. The number of fused-ring (bicyclic) bond motifs is 2. The molecule has 2 unspecified atom stereocenters. The van der Waals surface area contributed by atoms with E-state index in [1.807, 2.05) is 49.9 Å². The molecule has 2 aliphatic heterocycles. The summed E-state index contributed by atoms with van der Waals surface area (Å²) in [5, 5.41) is 9.97. The summed E-state index contributed by atoms with van der Waals surface area (Å²) in [5.41, 5.74) is 2.76. The maximum Gasteiger partial charge on any atom is 0.410 e. The minimum absolute atomic E-state index is 0.0206. The molecule has 1 saturated heterocycles. The lowest BCUT2D eigenvalue weighted by molar-refractivity contribution is 0.0155. The molecule has 1 aromatic rings. The molecule has 1 aromatic carbocycles. The lowest BCUT2D eigenvalue weighted by Crippen LogP contribution is -2.43. The Hall–Kier alpha value is -2.01. The summed E-state index contributed by atoms with van der Waals surface area (Å²) in [6.07, 6.45) is 3.15. The van der Waals surface area contributed by atoms with Gasteiger partial charge in [0.05, 0.1) is 13.7 Å². The van der Waals surface area contributed by atoms with Gasteiger partial charge in [-0.15, -0.1) is 0 Å². The van der Waals surface area contributed by atoms with E-state index in [9.17, 15) is 9.90 Å². The van der Waals surface area contributed by atoms with Crippen molar-refractivity contribution in [1.82, 2.24) is 4.90 Å². The molecule has 1 amide bonds. The molecule has 2 atom stereocenters. The largest absolute Gasteiger partial charge is 0.497 e. The van der Waals surface area contributed by atoms with Crippen LogP contribution in [0.4, 0.5) is 4.79 Å². The van der Waals surface area contributed by atoms with Crippen LogP contribution in [0.15, 0.2) is 29.8 Å². The summed E-state index contributed by atoms with van der Waals surface area (Å²) in [6.45, 7) is 5.70. The first-order valence-electron chi connectivity index (χ1n) is 9.30. The summed E-state index contributed by atoms with van der Waals surface area (Å²) in [5.74, 6) is 0.811. The van der Waals surface area contributed by atoms with Crippen molar-refractivity contribution in [3.8, 4) is 5.75 Å². The molecule has 0 radical (unpaired) electrons. The summed E-state index contributed by atoms with van der Waals surface area (Å²) in [4.78, 5) is 14.7. The highest BCUT2D eigenvalue weighted by atomic mass is 16.6. The van der Waals surface area contributed by atoms with Crippen LogP contribution in [0.5, 0.6) is 5.75 Å². The van der Waals surface area contributed by atoms with Crippen molar-refractivity contribution in [3.05, 3.63) is 35.4 Å². The van der Waals surface area contributed by atoms with Crippen molar-refractivity contribution in [2.45, 2.75) is 64.1 Å². The van der Waals surface area contributed by atoms with Gasteiger partial charge in [-0.2, -0.15) is 0 Å². The molecule has 0 saturated carbocycles. The monoisotopic (exact) mass is 359 g/mol. The maximum atomic E-state index is 12.8. The number of hydrogen-bond acceptors (Lipinski definition) is 4. The minimum atomic E-state index is -0.505. The third-order valence-electron chi connectivity index (χ3n) is 5.20. The van der Waals surface area contributed by atoms with Gasteiger partial charge in [-0.3, -0.25) is 0 Å². The number of amides is 1. The molecule has 0 aliphatic carbocycles. The average Bonchev–Trinajstić information content (AvgIpc) is 2.89. The Morgan fingerprint density at radius 2 is 1.77 bits per heavy atom. The minimum Gasteiger partial charge on any atom is -0.497 e. The van der Waals surface area contributed by atoms with Crippen LogP contribution in [-0.2, 0) is 4.74 Å². The van der Waals surface area contributed by atoms with Crippen molar-refractivity contribution in [2.24, 2.45) is 0 Å². The van der Waals surface area contributed by atoms with Gasteiger partial charge in [0.25, 0.3) is 0 Å². The molecule has 2 heterocycles. The topological polar surface area (TPSA) is 59.0 Å². The first kappa shape index (κ1) is 18.8. The number of ether oxygens (including phenoxy) is 2. The fourth-order valence-electron chi connectivity index (χ4n) is 4.04. The number of carbonyl (C=O) groups excluding carboxylic acids is 1. The smallest absolute Gasteiger partial charge is 0.410 e. The van der Waals surface area contributed by atoms with Crippen LogP contribution < -0.4 is 4.74 Å². The second-order valence-corrected chi connectivity index (χ2v) is 8.15. The summed E-state index contributed by atoms with van der Waals surface area (Å²) < 4.78 is 10.9. The van der Waals surface area contributed by atoms with Crippen molar-refractivity contribution >= 4 is 11.7 Å². The highest BCUT2D eigenvalue weighted by Crippen LogP contribution is 2.41. The Morgan fingerprint density at radius 3 is 2.31 bits per heavy atom. The number of nitrogens with zero attached hydrogens (tertiary/aromatic N) is 1. The van der Waals surface area contributed by atoms with E-state index in [0.717, 1.165) is 41.7 Å². The zero-order valence-electron chi connectivity index (χ0n) is 16.1. The van der Waals surface area contributed by atoms with E-state index in [-0.39, 0.29) is 24.8 Å². The highest BCUT2D eigenvalue weighted by Gasteiger charge is 2.42. The van der Waals surface area contributed by atoms with Crippen molar-refractivity contribution < 1.29 is 19.4 Å². The summed E-state index contributed by atoms with van der Waals surface area (Å²) in [7, 11) is 1.65. The fourth-order valence-corrected chi connectivity index (χ4v) is 4.04. The maximum absolute atomic E-state index is 12.8. The second-order valence-electron chi connectivity index (χ2n) is 8.15. The summed E-state index contributed by atoms with van der Waals surface area (Å²) >= 11 is 0. The van der Waals surface area contributed by atoms with Crippen LogP contribution >= 0.6 is 0 Å². The fraction of sp³-hybridized carbons (Fsp3) is 0.571. The number of aliphatic hydroxyl groups is 1. The Kier molecular flexibility index (Phi) is 5.28. The molecule has 1 fully saturated rings. The second kappa shape index (κ2) is 7.31. The third kappa shape index (κ3) is 3.88. The molecular formula is C21H29NO4. The van der Waals surface area contributed by atoms with E-state index >= 15 is 0 Å². The van der Waals surface area contributed by atoms with Gasteiger partial charge in [0, 0.05) is 12.1 Å². The van der Waals surface area contributed by atoms with Crippen LogP contribution in [-0.4, -0.2) is 47.5 Å². The van der Waals surface area contributed by atoms with Crippen LogP contribution in [0.2, 0.25) is 0 Å². The van der Waals surface area contributed by atoms with E-state index in [0.29, 0.717) is 6.42 Å². The standard InChI is InChI=1S/C21H29NO4/c1-21(2,3)26-20(24)22-16-7-8-17(22)12-19(15(11-16)13-23)14-5-9-18(25-4)10-6-14/h5-6,9-10,16-17,23H,7-8,11-13H2,1-4H3. The zero-order valence-corrected chi connectivity index (χ0v) is 16.1. The molecule has 3 rings (SSSR count). The Labute approximate surface area is 155 Å². The normalized spacial score (nSPS) is 23.0. The number of rotatable bonds is 3. The molecule has 0 spiro atoms. The highest BCUT2D eigenvalue weighted by molar-refractivity contribution is 5.74. The lowest BCUT2D eigenvalue weighted by atomic mass is 9.89. The first-order chi connectivity index (χ1) is 12.3. The van der Waals surface area contributed by atoms with Gasteiger partial charge in [0.2, 0.25) is 0 Å². The molecule has 1 N–H and O–H groups in total. The van der Waals surface area contributed by atoms with Crippen LogP contribution in [0.3, 0.4) is 0 Å². The number of aliphatic hydroxyl groups excluding tert-OH is 1. The van der Waals surface area contributed by atoms with E-state index in [1.165, 1.54) is 0 Å². The quantitative estimate of drug-likeness (QED) is 0.886. The van der Waals surface area contributed by atoms with Gasteiger partial charge < -0.3 is 19.5 Å². The van der Waals surface area contributed by atoms with E-state index < -0.39 is 5.60 Å². The zero-order chi connectivity index (χ0) is 18.9. The van der Waals surface area contributed by atoms with Crippen LogP contribution in [0, 0.1) is 0 Å². The Morgan fingerprint density at radius 1 is 1.15 bits per heavy atom.